The standard InChI is InChI=1S/C8H12O/c1-7-4-3-5-8(6-7)9-2/h3-4,6-7H,5H2,1-2H3. The Balaban J connectivity index is 2.55. The van der Waals surface area contributed by atoms with Gasteiger partial charge < -0.3 is 4.74 Å². The smallest absolute Gasteiger partial charge is 0.0959 e. The maximum atomic E-state index is 5.07. The van der Waals surface area contributed by atoms with Gasteiger partial charge in [-0.05, 0) is 12.0 Å². The normalized spacial score (nSPS) is 25.6. The molecule has 0 spiro atoms. The number of hydrogen-bond donors (Lipinski definition) is 0. The lowest BCUT2D eigenvalue weighted by Gasteiger charge is -2.10. The third kappa shape index (κ3) is 1.60. The quantitative estimate of drug-likeness (QED) is 0.486. The van der Waals surface area contributed by atoms with E-state index in [9.17, 15) is 0 Å². The fraction of sp³-hybridized carbons (Fsp3) is 0.500. The van der Waals surface area contributed by atoms with Gasteiger partial charge in [0.1, 0.15) is 0 Å². The number of rotatable bonds is 1. The zero-order valence-electron chi connectivity index (χ0n) is 5.92. The van der Waals surface area contributed by atoms with Crippen molar-refractivity contribution in [1.82, 2.24) is 0 Å². The molecule has 0 bridgehead atoms. The highest BCUT2D eigenvalue weighted by Crippen LogP contribution is 2.15. The van der Waals surface area contributed by atoms with Crippen molar-refractivity contribution in [3.63, 3.8) is 0 Å². The lowest BCUT2D eigenvalue weighted by molar-refractivity contribution is 0.280. The van der Waals surface area contributed by atoms with Crippen LogP contribution in [0, 0.1) is 5.92 Å². The summed E-state index contributed by atoms with van der Waals surface area (Å²) in [6, 6.07) is 0. The van der Waals surface area contributed by atoms with Crippen molar-refractivity contribution in [2.75, 3.05) is 7.11 Å². The summed E-state index contributed by atoms with van der Waals surface area (Å²) in [5, 5.41) is 0. The highest BCUT2D eigenvalue weighted by atomic mass is 16.5. The van der Waals surface area contributed by atoms with E-state index in [0.29, 0.717) is 5.92 Å². The van der Waals surface area contributed by atoms with Crippen molar-refractivity contribution in [3.8, 4) is 0 Å². The second-order valence-electron chi connectivity index (χ2n) is 2.33. The van der Waals surface area contributed by atoms with Crippen molar-refractivity contribution in [2.45, 2.75) is 13.3 Å². The van der Waals surface area contributed by atoms with Crippen LogP contribution in [0.1, 0.15) is 13.3 Å². The summed E-state index contributed by atoms with van der Waals surface area (Å²) >= 11 is 0. The minimum atomic E-state index is 0.550. The van der Waals surface area contributed by atoms with Gasteiger partial charge in [0, 0.05) is 6.42 Å². The SMILES string of the molecule is COC1=CC(C)C=CC1. The molecule has 50 valence electrons. The Morgan fingerprint density at radius 3 is 2.89 bits per heavy atom. The molecule has 1 nitrogen and oxygen atoms in total. The highest BCUT2D eigenvalue weighted by molar-refractivity contribution is 5.12. The molecule has 0 saturated heterocycles. The van der Waals surface area contributed by atoms with Crippen molar-refractivity contribution < 1.29 is 4.74 Å². The second-order valence-corrected chi connectivity index (χ2v) is 2.33. The van der Waals surface area contributed by atoms with Crippen LogP contribution >= 0.6 is 0 Å². The van der Waals surface area contributed by atoms with Gasteiger partial charge in [0.05, 0.1) is 12.9 Å². The number of ether oxygens (including phenoxy) is 1. The summed E-state index contributed by atoms with van der Waals surface area (Å²) < 4.78 is 5.07. The monoisotopic (exact) mass is 124 g/mol. The minimum absolute atomic E-state index is 0.550. The van der Waals surface area contributed by atoms with Gasteiger partial charge in [0.15, 0.2) is 0 Å². The van der Waals surface area contributed by atoms with Crippen LogP contribution in [-0.4, -0.2) is 7.11 Å². The fourth-order valence-electron chi connectivity index (χ4n) is 0.967. The molecule has 0 radical (unpaired) electrons. The average Bonchev–Trinajstić information content (AvgIpc) is 1.88. The second kappa shape index (κ2) is 2.72. The largest absolute Gasteiger partial charge is 0.501 e. The topological polar surface area (TPSA) is 9.23 Å². The summed E-state index contributed by atoms with van der Waals surface area (Å²) in [7, 11) is 1.72. The average molecular weight is 124 g/mol. The fourth-order valence-corrected chi connectivity index (χ4v) is 0.967. The van der Waals surface area contributed by atoms with E-state index in [1.165, 1.54) is 0 Å². The molecule has 0 amide bonds. The van der Waals surface area contributed by atoms with E-state index in [0.717, 1.165) is 12.2 Å². The van der Waals surface area contributed by atoms with Crippen LogP contribution in [-0.2, 0) is 4.74 Å². The van der Waals surface area contributed by atoms with Crippen LogP contribution in [0.2, 0.25) is 0 Å². The van der Waals surface area contributed by atoms with E-state index in [4.69, 9.17) is 4.74 Å². The predicted octanol–water partition coefficient (Wildman–Crippen LogP) is 2.11. The van der Waals surface area contributed by atoms with E-state index in [1.54, 1.807) is 7.11 Å². The van der Waals surface area contributed by atoms with Gasteiger partial charge in [-0.2, -0.15) is 0 Å². The predicted molar refractivity (Wildman–Crippen MR) is 38.0 cm³/mol. The minimum Gasteiger partial charge on any atom is -0.501 e. The third-order valence-corrected chi connectivity index (χ3v) is 1.47. The molecule has 1 atom stereocenters. The molecule has 0 N–H and O–H groups in total. The Kier molecular flexibility index (Phi) is 1.93. The maximum absolute atomic E-state index is 5.07. The van der Waals surface area contributed by atoms with E-state index >= 15 is 0 Å². The molecule has 1 aliphatic rings. The molecule has 1 unspecified atom stereocenters. The van der Waals surface area contributed by atoms with Gasteiger partial charge in [-0.25, -0.2) is 0 Å². The zero-order chi connectivity index (χ0) is 6.69. The Hall–Kier alpha value is -0.720. The zero-order valence-corrected chi connectivity index (χ0v) is 5.92. The molecule has 0 aliphatic heterocycles. The number of methoxy groups -OCH3 is 1. The summed E-state index contributed by atoms with van der Waals surface area (Å²) in [5.74, 6) is 1.64. The van der Waals surface area contributed by atoms with Crippen LogP contribution < -0.4 is 0 Å². The van der Waals surface area contributed by atoms with E-state index in [2.05, 4.69) is 25.2 Å². The van der Waals surface area contributed by atoms with E-state index < -0.39 is 0 Å². The molecule has 0 aromatic carbocycles. The Morgan fingerprint density at radius 1 is 1.67 bits per heavy atom. The molecule has 0 heterocycles. The first-order valence-corrected chi connectivity index (χ1v) is 3.24. The maximum Gasteiger partial charge on any atom is 0.0959 e. The van der Waals surface area contributed by atoms with E-state index in [-0.39, 0.29) is 0 Å². The highest BCUT2D eigenvalue weighted by Gasteiger charge is 2.01. The Bertz CT molecular complexity index is 145. The first kappa shape index (κ1) is 6.40. The lowest BCUT2D eigenvalue weighted by atomic mass is 10.0. The van der Waals surface area contributed by atoms with Gasteiger partial charge in [-0.1, -0.05) is 19.1 Å². The first-order chi connectivity index (χ1) is 4.33. The van der Waals surface area contributed by atoms with Crippen LogP contribution in [0.3, 0.4) is 0 Å². The molecular formula is C8H12O. The molecule has 1 rings (SSSR count). The Labute approximate surface area is 56.0 Å². The van der Waals surface area contributed by atoms with Crippen molar-refractivity contribution >= 4 is 0 Å². The van der Waals surface area contributed by atoms with E-state index in [1.807, 2.05) is 0 Å². The van der Waals surface area contributed by atoms with Gasteiger partial charge in [0.25, 0.3) is 0 Å². The molecule has 1 heteroatoms. The van der Waals surface area contributed by atoms with Crippen LogP contribution in [0.25, 0.3) is 0 Å². The van der Waals surface area contributed by atoms with Crippen molar-refractivity contribution in [1.29, 1.82) is 0 Å². The van der Waals surface area contributed by atoms with Crippen LogP contribution in [0.4, 0.5) is 0 Å². The summed E-state index contributed by atoms with van der Waals surface area (Å²) in [6.07, 6.45) is 7.42. The molecule has 0 aromatic heterocycles. The first-order valence-electron chi connectivity index (χ1n) is 3.24. The molecular weight excluding hydrogens is 112 g/mol. The number of hydrogen-bond acceptors (Lipinski definition) is 1. The van der Waals surface area contributed by atoms with Crippen molar-refractivity contribution in [3.05, 3.63) is 24.0 Å². The summed E-state index contributed by atoms with van der Waals surface area (Å²) in [5.41, 5.74) is 0. The summed E-state index contributed by atoms with van der Waals surface area (Å²) in [4.78, 5) is 0. The van der Waals surface area contributed by atoms with Crippen LogP contribution in [0.15, 0.2) is 24.0 Å². The molecule has 0 aromatic rings. The van der Waals surface area contributed by atoms with Crippen LogP contribution in [0.5, 0.6) is 0 Å². The lowest BCUT2D eigenvalue weighted by Crippen LogP contribution is -1.95. The third-order valence-electron chi connectivity index (χ3n) is 1.47. The molecule has 0 saturated carbocycles. The van der Waals surface area contributed by atoms with Gasteiger partial charge in [0.2, 0.25) is 0 Å². The Morgan fingerprint density at radius 2 is 2.44 bits per heavy atom. The molecule has 9 heavy (non-hydrogen) atoms. The van der Waals surface area contributed by atoms with Crippen molar-refractivity contribution in [2.24, 2.45) is 5.92 Å². The summed E-state index contributed by atoms with van der Waals surface area (Å²) in [6.45, 7) is 2.15. The number of allylic oxidation sites excluding steroid dienone is 3. The van der Waals surface area contributed by atoms with Gasteiger partial charge in [-0.15, -0.1) is 0 Å². The molecule has 1 aliphatic carbocycles. The van der Waals surface area contributed by atoms with Gasteiger partial charge in [-0.3, -0.25) is 0 Å². The molecule has 0 fully saturated rings. The van der Waals surface area contributed by atoms with Gasteiger partial charge >= 0.3 is 0 Å².